The first kappa shape index (κ1) is 17.3. The fraction of sp³-hybridized carbons (Fsp3) is 0.500. The van der Waals surface area contributed by atoms with Crippen molar-refractivity contribution in [2.75, 3.05) is 5.32 Å². The summed E-state index contributed by atoms with van der Waals surface area (Å²) in [5.41, 5.74) is 0.785. The van der Waals surface area contributed by atoms with E-state index in [4.69, 9.17) is 0 Å². The first-order valence-corrected chi connectivity index (χ1v) is 7.51. The lowest BCUT2D eigenvalue weighted by molar-refractivity contribution is -0.183. The molecule has 0 spiro atoms. The first-order valence-electron chi connectivity index (χ1n) is 7.51. The largest absolute Gasteiger partial charge is 0.391 e. The van der Waals surface area contributed by atoms with Crippen molar-refractivity contribution in [3.63, 3.8) is 0 Å². The minimum Gasteiger partial charge on any atom is -0.349 e. The fourth-order valence-corrected chi connectivity index (χ4v) is 2.83. The molecule has 0 aliphatic heterocycles. The van der Waals surface area contributed by atoms with Gasteiger partial charge in [-0.3, -0.25) is 9.59 Å². The number of rotatable bonds is 3. The summed E-state index contributed by atoms with van der Waals surface area (Å²) in [4.78, 5) is 23.2. The molecule has 7 heteroatoms. The molecule has 2 N–H and O–H groups in total. The maximum Gasteiger partial charge on any atom is 0.391 e. The third-order valence-corrected chi connectivity index (χ3v) is 3.92. The molecule has 4 nitrogen and oxygen atoms in total. The number of amides is 2. The zero-order valence-corrected chi connectivity index (χ0v) is 12.7. The van der Waals surface area contributed by atoms with Gasteiger partial charge in [0.2, 0.25) is 5.91 Å². The first-order chi connectivity index (χ1) is 10.8. The zero-order valence-electron chi connectivity index (χ0n) is 12.7. The van der Waals surface area contributed by atoms with Crippen molar-refractivity contribution in [2.24, 2.45) is 5.92 Å². The van der Waals surface area contributed by atoms with Crippen molar-refractivity contribution in [1.82, 2.24) is 5.32 Å². The highest BCUT2D eigenvalue weighted by Crippen LogP contribution is 2.37. The number of halogens is 3. The third kappa shape index (κ3) is 4.97. The van der Waals surface area contributed by atoms with Crippen molar-refractivity contribution in [3.05, 3.63) is 29.8 Å². The maximum atomic E-state index is 12.8. The Balaban J connectivity index is 2.00. The second-order valence-corrected chi connectivity index (χ2v) is 5.84. The average Bonchev–Trinajstić information content (AvgIpc) is 2.46. The highest BCUT2D eigenvalue weighted by atomic mass is 19.4. The predicted octanol–water partition coefficient (Wildman–Crippen LogP) is 3.50. The summed E-state index contributed by atoms with van der Waals surface area (Å²) in [7, 11) is 0. The molecular weight excluding hydrogens is 309 g/mol. The van der Waals surface area contributed by atoms with E-state index in [1.165, 1.54) is 13.0 Å². The van der Waals surface area contributed by atoms with Crippen LogP contribution in [-0.2, 0) is 4.79 Å². The van der Waals surface area contributed by atoms with E-state index in [1.807, 2.05) is 0 Å². The molecule has 1 saturated carbocycles. The normalized spacial score (nSPS) is 21.6. The Labute approximate surface area is 132 Å². The van der Waals surface area contributed by atoms with Gasteiger partial charge in [0.25, 0.3) is 5.91 Å². The van der Waals surface area contributed by atoms with Crippen molar-refractivity contribution < 1.29 is 22.8 Å². The van der Waals surface area contributed by atoms with Crippen LogP contribution in [-0.4, -0.2) is 24.0 Å². The summed E-state index contributed by atoms with van der Waals surface area (Å²) in [6, 6.07) is 5.83. The van der Waals surface area contributed by atoms with E-state index in [9.17, 15) is 22.8 Å². The van der Waals surface area contributed by atoms with Crippen molar-refractivity contribution in [1.29, 1.82) is 0 Å². The van der Waals surface area contributed by atoms with Crippen LogP contribution in [0.5, 0.6) is 0 Å². The van der Waals surface area contributed by atoms with Gasteiger partial charge in [-0.2, -0.15) is 13.2 Å². The number of hydrogen-bond acceptors (Lipinski definition) is 2. The molecule has 1 aromatic carbocycles. The summed E-state index contributed by atoms with van der Waals surface area (Å²) in [5, 5.41) is 5.23. The number of carbonyl (C=O) groups excluding carboxylic acids is 2. The molecule has 2 amide bonds. The predicted molar refractivity (Wildman–Crippen MR) is 80.0 cm³/mol. The van der Waals surface area contributed by atoms with Crippen LogP contribution < -0.4 is 10.6 Å². The molecule has 0 heterocycles. The molecule has 0 unspecified atom stereocenters. The second kappa shape index (κ2) is 7.02. The number of anilines is 1. The summed E-state index contributed by atoms with van der Waals surface area (Å²) in [6.45, 7) is 1.35. The lowest BCUT2D eigenvalue weighted by Gasteiger charge is -2.31. The molecule has 0 radical (unpaired) electrons. The van der Waals surface area contributed by atoms with Gasteiger partial charge in [-0.15, -0.1) is 0 Å². The van der Waals surface area contributed by atoms with E-state index in [0.29, 0.717) is 24.1 Å². The quantitative estimate of drug-likeness (QED) is 0.892. The molecule has 2 rings (SSSR count). The molecule has 1 fully saturated rings. The summed E-state index contributed by atoms with van der Waals surface area (Å²) in [6.07, 6.45) is -3.19. The Morgan fingerprint density at radius 3 is 2.61 bits per heavy atom. The van der Waals surface area contributed by atoms with Gasteiger partial charge >= 0.3 is 6.18 Å². The zero-order chi connectivity index (χ0) is 17.0. The Kier molecular flexibility index (Phi) is 5.28. The number of alkyl halides is 3. The van der Waals surface area contributed by atoms with Crippen LogP contribution >= 0.6 is 0 Å². The number of carbonyl (C=O) groups is 2. The molecule has 0 saturated heterocycles. The molecular formula is C16H19F3N2O2. The average molecular weight is 328 g/mol. The van der Waals surface area contributed by atoms with Gasteiger partial charge < -0.3 is 10.6 Å². The van der Waals surface area contributed by atoms with Crippen LogP contribution in [0.3, 0.4) is 0 Å². The lowest BCUT2D eigenvalue weighted by Crippen LogP contribution is -2.41. The number of hydrogen-bond donors (Lipinski definition) is 2. The summed E-state index contributed by atoms with van der Waals surface area (Å²) in [5.74, 6) is -2.04. The topological polar surface area (TPSA) is 58.2 Å². The van der Waals surface area contributed by atoms with E-state index in [1.54, 1.807) is 18.2 Å². The van der Waals surface area contributed by atoms with Crippen LogP contribution in [0.25, 0.3) is 0 Å². The molecule has 0 bridgehead atoms. The standard InChI is InChI=1S/C16H19F3N2O2/c1-10(22)20-13-6-2-4-11(8-13)15(23)21-14-7-3-5-12(9-14)16(17,18)19/h2,4,6,8,12,14H,3,5,7,9H2,1H3,(H,20,22)(H,21,23)/t12-,14+/m0/s1. The van der Waals surface area contributed by atoms with Crippen LogP contribution in [0.1, 0.15) is 43.0 Å². The number of benzene rings is 1. The van der Waals surface area contributed by atoms with Gasteiger partial charge in [0, 0.05) is 24.2 Å². The van der Waals surface area contributed by atoms with E-state index < -0.39 is 24.0 Å². The molecule has 1 aromatic rings. The minimum absolute atomic E-state index is 0.0827. The van der Waals surface area contributed by atoms with Gasteiger partial charge in [0.15, 0.2) is 0 Å². The lowest BCUT2D eigenvalue weighted by atomic mass is 9.85. The van der Waals surface area contributed by atoms with Gasteiger partial charge in [-0.05, 0) is 37.5 Å². The van der Waals surface area contributed by atoms with E-state index >= 15 is 0 Å². The summed E-state index contributed by atoms with van der Waals surface area (Å²) < 4.78 is 38.4. The smallest absolute Gasteiger partial charge is 0.349 e. The Morgan fingerprint density at radius 2 is 1.96 bits per heavy atom. The van der Waals surface area contributed by atoms with Crippen LogP contribution in [0, 0.1) is 5.92 Å². The molecule has 2 atom stereocenters. The number of nitrogens with one attached hydrogen (secondary N) is 2. The summed E-state index contributed by atoms with van der Waals surface area (Å²) >= 11 is 0. The molecule has 126 valence electrons. The highest BCUT2D eigenvalue weighted by molar-refractivity contribution is 5.96. The molecule has 0 aromatic heterocycles. The van der Waals surface area contributed by atoms with Crippen LogP contribution in [0.2, 0.25) is 0 Å². The maximum absolute atomic E-state index is 12.8. The minimum atomic E-state index is -4.21. The highest BCUT2D eigenvalue weighted by Gasteiger charge is 2.42. The Bertz CT molecular complexity index is 587. The van der Waals surface area contributed by atoms with Gasteiger partial charge in [0.05, 0.1) is 5.92 Å². The third-order valence-electron chi connectivity index (χ3n) is 3.92. The monoisotopic (exact) mass is 328 g/mol. The molecule has 1 aliphatic carbocycles. The Hall–Kier alpha value is -2.05. The second-order valence-electron chi connectivity index (χ2n) is 5.84. The molecule has 1 aliphatic rings. The van der Waals surface area contributed by atoms with Gasteiger partial charge in [-0.1, -0.05) is 12.5 Å². The van der Waals surface area contributed by atoms with Crippen molar-refractivity contribution >= 4 is 17.5 Å². The Morgan fingerprint density at radius 1 is 1.22 bits per heavy atom. The SMILES string of the molecule is CC(=O)Nc1cccc(C(=O)N[C@@H]2CCC[C@H](C(F)(F)F)C2)c1. The van der Waals surface area contributed by atoms with Crippen LogP contribution in [0.4, 0.5) is 18.9 Å². The van der Waals surface area contributed by atoms with Gasteiger partial charge in [-0.25, -0.2) is 0 Å². The van der Waals surface area contributed by atoms with E-state index in [0.717, 1.165) is 0 Å². The van der Waals surface area contributed by atoms with E-state index in [-0.39, 0.29) is 18.7 Å². The van der Waals surface area contributed by atoms with Crippen molar-refractivity contribution in [2.45, 2.75) is 44.8 Å². The molecule has 23 heavy (non-hydrogen) atoms. The van der Waals surface area contributed by atoms with Crippen molar-refractivity contribution in [3.8, 4) is 0 Å². The van der Waals surface area contributed by atoms with Gasteiger partial charge in [0.1, 0.15) is 0 Å². The van der Waals surface area contributed by atoms with Crippen LogP contribution in [0.15, 0.2) is 24.3 Å². The fourth-order valence-electron chi connectivity index (χ4n) is 2.83. The van der Waals surface area contributed by atoms with E-state index in [2.05, 4.69) is 10.6 Å².